The van der Waals surface area contributed by atoms with Crippen molar-refractivity contribution in [1.82, 2.24) is 9.97 Å². The number of allylic oxidation sites excluding steroid dienone is 1. The third-order valence-corrected chi connectivity index (χ3v) is 5.65. The number of hydrogen-bond donors (Lipinski definition) is 2. The van der Waals surface area contributed by atoms with E-state index in [-0.39, 0.29) is 17.6 Å². The second-order valence-corrected chi connectivity index (χ2v) is 8.26. The predicted octanol–water partition coefficient (Wildman–Crippen LogP) is 6.40. The second-order valence-electron chi connectivity index (χ2n) is 8.26. The number of nitrogens with zero attached hydrogens (tertiary/aromatic N) is 1. The van der Waals surface area contributed by atoms with Crippen molar-refractivity contribution in [3.63, 3.8) is 0 Å². The molecule has 1 aromatic heterocycles. The van der Waals surface area contributed by atoms with Crippen LogP contribution in [0, 0.1) is 0 Å². The zero-order chi connectivity index (χ0) is 23.4. The van der Waals surface area contributed by atoms with Gasteiger partial charge in [0, 0.05) is 11.3 Å². The number of para-hydroxylation sites is 3. The number of aryl methyl sites for hydroxylation is 1. The van der Waals surface area contributed by atoms with Crippen LogP contribution in [0.25, 0.3) is 17.1 Å². The number of anilines is 1. The summed E-state index contributed by atoms with van der Waals surface area (Å²) in [5.74, 6) is 0.149. The molecule has 0 saturated carbocycles. The molecular weight excluding hydrogens is 410 g/mol. The van der Waals surface area contributed by atoms with Gasteiger partial charge in [-0.25, -0.2) is 4.98 Å². The van der Waals surface area contributed by atoms with Crippen LogP contribution in [0.3, 0.4) is 0 Å². The highest BCUT2D eigenvalue weighted by molar-refractivity contribution is 6.07. The Morgan fingerprint density at radius 2 is 1.79 bits per heavy atom. The lowest BCUT2D eigenvalue weighted by Gasteiger charge is -2.14. The van der Waals surface area contributed by atoms with Crippen LogP contribution in [-0.4, -0.2) is 21.7 Å². The highest BCUT2D eigenvalue weighted by Crippen LogP contribution is 2.24. The molecule has 0 aliphatic rings. The number of nitrogens with one attached hydrogen (secondary N) is 2. The van der Waals surface area contributed by atoms with E-state index in [9.17, 15) is 9.59 Å². The van der Waals surface area contributed by atoms with Gasteiger partial charge in [0.05, 0.1) is 11.0 Å². The molecule has 0 radical (unpaired) electrons. The molecule has 0 unspecified atom stereocenters. The van der Waals surface area contributed by atoms with Gasteiger partial charge in [-0.1, -0.05) is 63.2 Å². The molecule has 3 aromatic carbocycles. The van der Waals surface area contributed by atoms with E-state index < -0.39 is 0 Å². The molecule has 0 aliphatic heterocycles. The van der Waals surface area contributed by atoms with Gasteiger partial charge in [-0.2, -0.15) is 0 Å². The Labute approximate surface area is 193 Å². The molecule has 166 valence electrons. The highest BCUT2D eigenvalue weighted by Gasteiger charge is 2.14. The van der Waals surface area contributed by atoms with Gasteiger partial charge in [0.15, 0.2) is 5.82 Å². The first-order valence-electron chi connectivity index (χ1n) is 11.2. The highest BCUT2D eigenvalue weighted by atomic mass is 16.1. The van der Waals surface area contributed by atoms with Gasteiger partial charge in [0.25, 0.3) is 5.91 Å². The van der Waals surface area contributed by atoms with E-state index >= 15 is 0 Å². The Bertz CT molecular complexity index is 1320. The zero-order valence-corrected chi connectivity index (χ0v) is 19.1. The molecule has 0 spiro atoms. The van der Waals surface area contributed by atoms with Crippen LogP contribution in [0.5, 0.6) is 0 Å². The van der Waals surface area contributed by atoms with Gasteiger partial charge in [-0.05, 0) is 65.4 Å². The smallest absolute Gasteiger partial charge is 0.255 e. The van der Waals surface area contributed by atoms with Gasteiger partial charge in [-0.3, -0.25) is 9.59 Å². The molecule has 5 heteroatoms. The van der Waals surface area contributed by atoms with Crippen molar-refractivity contribution in [3.8, 4) is 0 Å². The van der Waals surface area contributed by atoms with E-state index in [0.717, 1.165) is 39.8 Å². The monoisotopic (exact) mass is 437 g/mol. The van der Waals surface area contributed by atoms with Crippen molar-refractivity contribution in [2.75, 3.05) is 5.32 Å². The Kier molecular flexibility index (Phi) is 6.50. The van der Waals surface area contributed by atoms with Crippen molar-refractivity contribution in [1.29, 1.82) is 0 Å². The number of amides is 1. The quantitative estimate of drug-likeness (QED) is 0.260. The van der Waals surface area contributed by atoms with Crippen LogP contribution < -0.4 is 5.32 Å². The molecule has 0 fully saturated rings. The number of aromatic amines is 1. The lowest BCUT2D eigenvalue weighted by Crippen LogP contribution is -2.14. The summed E-state index contributed by atoms with van der Waals surface area (Å²) < 4.78 is 0. The summed E-state index contributed by atoms with van der Waals surface area (Å²) in [4.78, 5) is 33.0. The van der Waals surface area contributed by atoms with Crippen LogP contribution in [0.2, 0.25) is 0 Å². The van der Waals surface area contributed by atoms with Gasteiger partial charge in [-0.15, -0.1) is 0 Å². The average molecular weight is 438 g/mol. The minimum atomic E-state index is -0.195. The molecular formula is C28H27N3O2. The number of fused-ring (bicyclic) bond motifs is 1. The third kappa shape index (κ3) is 4.93. The molecule has 2 N–H and O–H groups in total. The number of aromatic nitrogens is 2. The molecule has 4 aromatic rings. The topological polar surface area (TPSA) is 74.8 Å². The summed E-state index contributed by atoms with van der Waals surface area (Å²) in [6.45, 7) is 6.21. The van der Waals surface area contributed by atoms with Crippen LogP contribution in [0.4, 0.5) is 5.69 Å². The van der Waals surface area contributed by atoms with Crippen molar-refractivity contribution in [3.05, 3.63) is 101 Å². The van der Waals surface area contributed by atoms with Crippen molar-refractivity contribution in [2.24, 2.45) is 0 Å². The minimum absolute atomic E-state index is 0.147. The number of hydrogen-bond acceptors (Lipinski definition) is 3. The van der Waals surface area contributed by atoms with Crippen molar-refractivity contribution >= 4 is 34.5 Å². The maximum Gasteiger partial charge on any atom is 0.255 e. The summed E-state index contributed by atoms with van der Waals surface area (Å²) in [5, 5.41) is 3.02. The molecule has 1 amide bonds. The number of imidazole rings is 1. The summed E-state index contributed by atoms with van der Waals surface area (Å²) in [7, 11) is 0. The average Bonchev–Trinajstić information content (AvgIpc) is 3.27. The number of carbonyl (C=O) groups is 2. The van der Waals surface area contributed by atoms with Gasteiger partial charge < -0.3 is 10.3 Å². The van der Waals surface area contributed by atoms with Gasteiger partial charge in [0.2, 0.25) is 5.78 Å². The van der Waals surface area contributed by atoms with E-state index in [1.54, 1.807) is 12.1 Å². The first-order chi connectivity index (χ1) is 16.0. The Morgan fingerprint density at radius 1 is 1.03 bits per heavy atom. The van der Waals surface area contributed by atoms with Gasteiger partial charge in [0.1, 0.15) is 0 Å². The van der Waals surface area contributed by atoms with Crippen LogP contribution in [-0.2, 0) is 6.42 Å². The Morgan fingerprint density at radius 3 is 2.55 bits per heavy atom. The van der Waals surface area contributed by atoms with E-state index in [0.29, 0.717) is 11.4 Å². The Hall–Kier alpha value is -3.99. The zero-order valence-electron chi connectivity index (χ0n) is 19.1. The molecule has 0 bridgehead atoms. The lowest BCUT2D eigenvalue weighted by molar-refractivity contribution is 0.102. The molecule has 0 atom stereocenters. The van der Waals surface area contributed by atoms with Crippen molar-refractivity contribution in [2.45, 2.75) is 33.1 Å². The van der Waals surface area contributed by atoms with Crippen LogP contribution in [0.15, 0.2) is 72.8 Å². The number of benzene rings is 3. The molecule has 0 saturated heterocycles. The van der Waals surface area contributed by atoms with Crippen LogP contribution >= 0.6 is 0 Å². The lowest BCUT2D eigenvalue weighted by atomic mass is 9.94. The molecule has 4 rings (SSSR count). The predicted molar refractivity (Wildman–Crippen MR) is 134 cm³/mol. The molecule has 33 heavy (non-hydrogen) atoms. The fourth-order valence-corrected chi connectivity index (χ4v) is 3.83. The summed E-state index contributed by atoms with van der Waals surface area (Å²) in [5.41, 5.74) is 6.01. The number of H-pyrrole nitrogens is 1. The molecule has 1 heterocycles. The Balaban J connectivity index is 1.56. The van der Waals surface area contributed by atoms with E-state index in [1.807, 2.05) is 60.7 Å². The summed E-state index contributed by atoms with van der Waals surface area (Å²) in [6, 6.07) is 21.0. The maximum absolute atomic E-state index is 12.9. The number of carbonyl (C=O) groups excluding carboxylic acids is 2. The maximum atomic E-state index is 12.9. The van der Waals surface area contributed by atoms with Crippen LogP contribution in [0.1, 0.15) is 64.4 Å². The normalized spacial score (nSPS) is 11.4. The first kappa shape index (κ1) is 22.2. The standard InChI is InChI=1S/C28H27N3O2/c1-4-19-9-5-6-10-23(19)31-28(33)21-14-13-20(22(17-21)18(2)3)15-16-26(32)27-29-24-11-7-8-12-25(24)30-27/h5-18H,4H2,1-3H3,(H,29,30)(H,31,33). The first-order valence-corrected chi connectivity index (χ1v) is 11.2. The van der Waals surface area contributed by atoms with Crippen molar-refractivity contribution < 1.29 is 9.59 Å². The molecule has 0 aliphatic carbocycles. The molecule has 5 nitrogen and oxygen atoms in total. The third-order valence-electron chi connectivity index (χ3n) is 5.65. The minimum Gasteiger partial charge on any atom is -0.335 e. The second kappa shape index (κ2) is 9.65. The number of ketones is 1. The fourth-order valence-electron chi connectivity index (χ4n) is 3.83. The van der Waals surface area contributed by atoms with E-state index in [4.69, 9.17) is 0 Å². The summed E-state index contributed by atoms with van der Waals surface area (Å²) >= 11 is 0. The van der Waals surface area contributed by atoms with E-state index in [1.165, 1.54) is 6.08 Å². The number of rotatable bonds is 7. The summed E-state index contributed by atoms with van der Waals surface area (Å²) in [6.07, 6.45) is 4.16. The van der Waals surface area contributed by atoms with E-state index in [2.05, 4.69) is 36.1 Å². The fraction of sp³-hybridized carbons (Fsp3) is 0.179. The van der Waals surface area contributed by atoms with Gasteiger partial charge >= 0.3 is 0 Å². The largest absolute Gasteiger partial charge is 0.335 e. The SMILES string of the molecule is CCc1ccccc1NC(=O)c1ccc(C=CC(=O)c2nc3ccccc3[nH]2)c(C(C)C)c1.